The van der Waals surface area contributed by atoms with E-state index in [2.05, 4.69) is 24.4 Å². The lowest BCUT2D eigenvalue weighted by atomic mass is 9.94. The lowest BCUT2D eigenvalue weighted by Crippen LogP contribution is -2.54. The molecule has 1 saturated heterocycles. The summed E-state index contributed by atoms with van der Waals surface area (Å²) in [7, 11) is 0. The van der Waals surface area contributed by atoms with Crippen LogP contribution < -0.4 is 10.2 Å². The van der Waals surface area contributed by atoms with E-state index < -0.39 is 11.8 Å². The number of rotatable bonds is 4. The maximum Gasteiger partial charge on any atom is 0.270 e. The van der Waals surface area contributed by atoms with Crippen molar-refractivity contribution in [3.05, 3.63) is 82.4 Å². The molecule has 0 aromatic heterocycles. The minimum atomic E-state index is -0.495. The number of hydrogen-bond acceptors (Lipinski definition) is 3. The van der Waals surface area contributed by atoms with Gasteiger partial charge in [0.25, 0.3) is 11.8 Å². The molecule has 6 heteroatoms. The van der Waals surface area contributed by atoms with Crippen molar-refractivity contribution >= 4 is 63.3 Å². The second kappa shape index (κ2) is 8.38. The van der Waals surface area contributed by atoms with Gasteiger partial charge in [0.15, 0.2) is 5.11 Å². The van der Waals surface area contributed by atoms with Gasteiger partial charge in [-0.2, -0.15) is 0 Å². The largest absolute Gasteiger partial charge is 0.298 e. The zero-order chi connectivity index (χ0) is 21.3. The Morgan fingerprint density at radius 3 is 2.50 bits per heavy atom. The van der Waals surface area contributed by atoms with E-state index in [1.807, 2.05) is 24.3 Å². The number of carbonyl (C=O) groups excluding carboxylic acids is 2. The number of nitrogens with zero attached hydrogens (tertiary/aromatic N) is 1. The van der Waals surface area contributed by atoms with Crippen LogP contribution >= 0.6 is 23.8 Å². The fourth-order valence-corrected chi connectivity index (χ4v) is 4.06. The van der Waals surface area contributed by atoms with Crippen LogP contribution in [0, 0.1) is 0 Å². The number of carbonyl (C=O) groups is 2. The molecule has 0 aliphatic carbocycles. The number of anilines is 1. The fourth-order valence-electron chi connectivity index (χ4n) is 3.65. The van der Waals surface area contributed by atoms with Crippen LogP contribution in [0.15, 0.2) is 66.2 Å². The normalized spacial score (nSPS) is 15.7. The Kier molecular flexibility index (Phi) is 5.66. The molecule has 0 saturated carbocycles. The quantitative estimate of drug-likeness (QED) is 0.345. The number of hydrogen-bond donors (Lipinski definition) is 1. The summed E-state index contributed by atoms with van der Waals surface area (Å²) in [4.78, 5) is 27.2. The Hall–Kier alpha value is -3.02. The number of nitrogens with one attached hydrogen (secondary N) is 1. The molecule has 0 unspecified atom stereocenters. The standard InChI is InChI=1S/C24H19ClN2O2S/c1-2-5-19-16(9-8-15-6-3-4-7-20(15)19)14-21-22(28)26-24(30)27(23(21)29)18-12-10-17(25)11-13-18/h3-4,6-14H,2,5H2,1H3,(H,26,28,30). The number of fused-ring (bicyclic) bond motifs is 1. The van der Waals surface area contributed by atoms with Crippen molar-refractivity contribution in [3.8, 4) is 0 Å². The Labute approximate surface area is 185 Å². The van der Waals surface area contributed by atoms with Gasteiger partial charge in [0.05, 0.1) is 5.69 Å². The van der Waals surface area contributed by atoms with Crippen molar-refractivity contribution in [1.82, 2.24) is 5.32 Å². The number of aryl methyl sites for hydroxylation is 1. The van der Waals surface area contributed by atoms with Gasteiger partial charge in [-0.15, -0.1) is 0 Å². The van der Waals surface area contributed by atoms with Crippen molar-refractivity contribution < 1.29 is 9.59 Å². The Balaban J connectivity index is 1.81. The molecular formula is C24H19ClN2O2S. The van der Waals surface area contributed by atoms with Crippen LogP contribution in [-0.2, 0) is 16.0 Å². The van der Waals surface area contributed by atoms with E-state index in [1.165, 1.54) is 4.90 Å². The Morgan fingerprint density at radius 2 is 1.77 bits per heavy atom. The third-order valence-electron chi connectivity index (χ3n) is 5.06. The number of amides is 2. The summed E-state index contributed by atoms with van der Waals surface area (Å²) in [5, 5.41) is 5.49. The summed E-state index contributed by atoms with van der Waals surface area (Å²) < 4.78 is 0. The van der Waals surface area contributed by atoms with Crippen LogP contribution in [0.4, 0.5) is 5.69 Å². The van der Waals surface area contributed by atoms with E-state index in [9.17, 15) is 9.59 Å². The summed E-state index contributed by atoms with van der Waals surface area (Å²) in [5.74, 6) is -0.951. The first-order chi connectivity index (χ1) is 14.5. The maximum absolute atomic E-state index is 13.2. The second-order valence-corrected chi connectivity index (χ2v) is 7.86. The molecule has 4 nitrogen and oxygen atoms in total. The van der Waals surface area contributed by atoms with Gasteiger partial charge in [-0.05, 0) is 70.9 Å². The molecule has 30 heavy (non-hydrogen) atoms. The van der Waals surface area contributed by atoms with E-state index in [1.54, 1.807) is 30.3 Å². The molecule has 0 radical (unpaired) electrons. The zero-order valence-corrected chi connectivity index (χ0v) is 17.9. The van der Waals surface area contributed by atoms with E-state index in [0.717, 1.165) is 34.7 Å². The molecular weight excluding hydrogens is 416 g/mol. The molecule has 1 fully saturated rings. The molecule has 0 atom stereocenters. The van der Waals surface area contributed by atoms with Crippen LogP contribution in [0.3, 0.4) is 0 Å². The zero-order valence-electron chi connectivity index (χ0n) is 16.3. The van der Waals surface area contributed by atoms with Crippen molar-refractivity contribution in [3.63, 3.8) is 0 Å². The fraction of sp³-hybridized carbons (Fsp3) is 0.125. The predicted molar refractivity (Wildman–Crippen MR) is 126 cm³/mol. The summed E-state index contributed by atoms with van der Waals surface area (Å²) in [6.45, 7) is 2.11. The van der Waals surface area contributed by atoms with Crippen molar-refractivity contribution in [2.45, 2.75) is 19.8 Å². The molecule has 2 amide bonds. The average molecular weight is 435 g/mol. The first-order valence-electron chi connectivity index (χ1n) is 9.67. The first-order valence-corrected chi connectivity index (χ1v) is 10.5. The van der Waals surface area contributed by atoms with Crippen molar-refractivity contribution in [2.75, 3.05) is 4.90 Å². The van der Waals surface area contributed by atoms with E-state index in [-0.39, 0.29) is 10.7 Å². The molecule has 3 aromatic carbocycles. The van der Waals surface area contributed by atoms with E-state index in [4.69, 9.17) is 23.8 Å². The highest BCUT2D eigenvalue weighted by Gasteiger charge is 2.34. The molecule has 0 spiro atoms. The lowest BCUT2D eigenvalue weighted by molar-refractivity contribution is -0.122. The molecule has 1 aliphatic rings. The molecule has 3 aromatic rings. The van der Waals surface area contributed by atoms with Gasteiger partial charge >= 0.3 is 0 Å². The van der Waals surface area contributed by atoms with E-state index >= 15 is 0 Å². The highest BCUT2D eigenvalue weighted by atomic mass is 35.5. The SMILES string of the molecule is CCCc1c(C=C2C(=O)NC(=S)N(c3ccc(Cl)cc3)C2=O)ccc2ccccc12. The highest BCUT2D eigenvalue weighted by molar-refractivity contribution is 7.80. The smallest absolute Gasteiger partial charge is 0.270 e. The van der Waals surface area contributed by atoms with Gasteiger partial charge < -0.3 is 0 Å². The van der Waals surface area contributed by atoms with Crippen molar-refractivity contribution in [2.24, 2.45) is 0 Å². The summed E-state index contributed by atoms with van der Waals surface area (Å²) in [5.41, 5.74) is 2.58. The third-order valence-corrected chi connectivity index (χ3v) is 5.60. The summed E-state index contributed by atoms with van der Waals surface area (Å²) in [6, 6.07) is 18.8. The topological polar surface area (TPSA) is 49.4 Å². The molecule has 1 heterocycles. The summed E-state index contributed by atoms with van der Waals surface area (Å²) in [6.07, 6.45) is 3.46. The van der Waals surface area contributed by atoms with Gasteiger partial charge in [0.2, 0.25) is 0 Å². The molecule has 0 bridgehead atoms. The predicted octanol–water partition coefficient (Wildman–Crippen LogP) is 5.28. The average Bonchev–Trinajstić information content (AvgIpc) is 2.73. The van der Waals surface area contributed by atoms with Gasteiger partial charge in [-0.3, -0.25) is 19.8 Å². The molecule has 1 aliphatic heterocycles. The Bertz CT molecular complexity index is 1200. The monoisotopic (exact) mass is 434 g/mol. The van der Waals surface area contributed by atoms with Crippen molar-refractivity contribution in [1.29, 1.82) is 0 Å². The Morgan fingerprint density at radius 1 is 1.03 bits per heavy atom. The van der Waals surface area contributed by atoms with Crippen LogP contribution in [-0.4, -0.2) is 16.9 Å². The van der Waals surface area contributed by atoms with Gasteiger partial charge in [0.1, 0.15) is 5.57 Å². The molecule has 150 valence electrons. The highest BCUT2D eigenvalue weighted by Crippen LogP contribution is 2.28. The number of thiocarbonyl (C=S) groups is 1. The minimum Gasteiger partial charge on any atom is -0.298 e. The lowest BCUT2D eigenvalue weighted by Gasteiger charge is -2.29. The summed E-state index contributed by atoms with van der Waals surface area (Å²) >= 11 is 11.2. The van der Waals surface area contributed by atoms with Crippen LogP contribution in [0.1, 0.15) is 24.5 Å². The van der Waals surface area contributed by atoms with Crippen LogP contribution in [0.2, 0.25) is 5.02 Å². The van der Waals surface area contributed by atoms with Crippen LogP contribution in [0.25, 0.3) is 16.8 Å². The van der Waals surface area contributed by atoms with Gasteiger partial charge in [-0.25, -0.2) is 0 Å². The number of benzene rings is 3. The minimum absolute atomic E-state index is 0.0474. The van der Waals surface area contributed by atoms with Gasteiger partial charge in [-0.1, -0.05) is 61.3 Å². The third kappa shape index (κ3) is 3.74. The van der Waals surface area contributed by atoms with Crippen LogP contribution in [0.5, 0.6) is 0 Å². The number of halogens is 1. The first kappa shape index (κ1) is 20.3. The molecule has 4 rings (SSSR count). The maximum atomic E-state index is 13.2. The second-order valence-electron chi connectivity index (χ2n) is 7.04. The van der Waals surface area contributed by atoms with E-state index in [0.29, 0.717) is 10.7 Å². The molecule has 1 N–H and O–H groups in total. The van der Waals surface area contributed by atoms with Gasteiger partial charge in [0, 0.05) is 5.02 Å².